The van der Waals surface area contributed by atoms with Crippen molar-refractivity contribution in [2.75, 3.05) is 6.61 Å². The van der Waals surface area contributed by atoms with Crippen molar-refractivity contribution in [3.63, 3.8) is 0 Å². The largest absolute Gasteiger partial charge is 0.494 e. The summed E-state index contributed by atoms with van der Waals surface area (Å²) in [4.78, 5) is 0. The highest BCUT2D eigenvalue weighted by Gasteiger charge is 2.30. The molecule has 0 amide bonds. The molecule has 0 unspecified atom stereocenters. The van der Waals surface area contributed by atoms with Crippen LogP contribution in [0.5, 0.6) is 5.75 Å². The molecule has 0 fully saturated rings. The molecule has 4 heteroatoms. The van der Waals surface area contributed by atoms with Crippen LogP contribution in [0.15, 0.2) is 24.3 Å². The SMILES string of the molecule is [CH2]CCOc1cccc(C(F)(F)F)c1. The molecule has 14 heavy (non-hydrogen) atoms. The van der Waals surface area contributed by atoms with Crippen LogP contribution in [-0.2, 0) is 6.18 Å². The van der Waals surface area contributed by atoms with E-state index in [9.17, 15) is 13.2 Å². The van der Waals surface area contributed by atoms with Crippen LogP contribution >= 0.6 is 0 Å². The molecular formula is C10H10F3O. The van der Waals surface area contributed by atoms with Crippen molar-refractivity contribution in [3.05, 3.63) is 36.8 Å². The van der Waals surface area contributed by atoms with Crippen LogP contribution in [0, 0.1) is 6.92 Å². The maximum Gasteiger partial charge on any atom is 0.416 e. The summed E-state index contributed by atoms with van der Waals surface area (Å²) < 4.78 is 41.7. The summed E-state index contributed by atoms with van der Waals surface area (Å²) in [6, 6.07) is 4.80. The summed E-state index contributed by atoms with van der Waals surface area (Å²) in [6.07, 6.45) is -3.79. The molecular weight excluding hydrogens is 193 g/mol. The van der Waals surface area contributed by atoms with Gasteiger partial charge in [-0.2, -0.15) is 13.2 Å². The highest BCUT2D eigenvalue weighted by atomic mass is 19.4. The van der Waals surface area contributed by atoms with Gasteiger partial charge in [-0.25, -0.2) is 0 Å². The first-order valence-corrected chi connectivity index (χ1v) is 4.13. The van der Waals surface area contributed by atoms with Gasteiger partial charge < -0.3 is 4.74 Å². The third kappa shape index (κ3) is 2.94. The average molecular weight is 203 g/mol. The number of hydrogen-bond acceptors (Lipinski definition) is 1. The molecule has 0 saturated carbocycles. The van der Waals surface area contributed by atoms with Gasteiger partial charge in [0.1, 0.15) is 5.75 Å². The van der Waals surface area contributed by atoms with Gasteiger partial charge >= 0.3 is 6.18 Å². The van der Waals surface area contributed by atoms with Crippen molar-refractivity contribution in [1.29, 1.82) is 0 Å². The summed E-state index contributed by atoms with van der Waals surface area (Å²) >= 11 is 0. The van der Waals surface area contributed by atoms with E-state index in [-0.39, 0.29) is 5.75 Å². The third-order valence-corrected chi connectivity index (χ3v) is 1.57. The Hall–Kier alpha value is -1.19. The van der Waals surface area contributed by atoms with Crippen LogP contribution < -0.4 is 4.74 Å². The molecule has 0 atom stereocenters. The monoisotopic (exact) mass is 203 g/mol. The van der Waals surface area contributed by atoms with Gasteiger partial charge in [-0.3, -0.25) is 0 Å². The summed E-state index contributed by atoms with van der Waals surface area (Å²) in [5.74, 6) is 0.225. The second-order valence-electron chi connectivity index (χ2n) is 2.73. The van der Waals surface area contributed by atoms with Crippen molar-refractivity contribution in [2.45, 2.75) is 12.6 Å². The molecule has 0 N–H and O–H groups in total. The van der Waals surface area contributed by atoms with Gasteiger partial charge in [0.2, 0.25) is 0 Å². The third-order valence-electron chi connectivity index (χ3n) is 1.57. The van der Waals surface area contributed by atoms with E-state index in [1.165, 1.54) is 12.1 Å². The summed E-state index contributed by atoms with van der Waals surface area (Å²) in [6.45, 7) is 3.85. The predicted molar refractivity (Wildman–Crippen MR) is 46.9 cm³/mol. The van der Waals surface area contributed by atoms with Crippen molar-refractivity contribution in [1.82, 2.24) is 0 Å². The van der Waals surface area contributed by atoms with Crippen LogP contribution in [0.4, 0.5) is 13.2 Å². The minimum Gasteiger partial charge on any atom is -0.494 e. The lowest BCUT2D eigenvalue weighted by molar-refractivity contribution is -0.137. The maximum absolute atomic E-state index is 12.2. The first-order valence-electron chi connectivity index (χ1n) is 4.13. The van der Waals surface area contributed by atoms with Crippen molar-refractivity contribution in [3.8, 4) is 5.75 Å². The van der Waals surface area contributed by atoms with Gasteiger partial charge in [0, 0.05) is 0 Å². The number of benzene rings is 1. The molecule has 77 valence electrons. The Balaban J connectivity index is 2.79. The zero-order chi connectivity index (χ0) is 10.6. The van der Waals surface area contributed by atoms with Gasteiger partial charge in [-0.1, -0.05) is 6.07 Å². The topological polar surface area (TPSA) is 9.23 Å². The predicted octanol–water partition coefficient (Wildman–Crippen LogP) is 3.31. The highest BCUT2D eigenvalue weighted by Crippen LogP contribution is 2.31. The Kier molecular flexibility index (Phi) is 3.38. The Morgan fingerprint density at radius 1 is 1.29 bits per heavy atom. The molecule has 0 aliphatic heterocycles. The Morgan fingerprint density at radius 3 is 2.57 bits per heavy atom. The van der Waals surface area contributed by atoms with E-state index in [4.69, 9.17) is 4.74 Å². The number of ether oxygens (including phenoxy) is 1. The average Bonchev–Trinajstić information content (AvgIpc) is 2.14. The number of hydrogen-bond donors (Lipinski definition) is 0. The van der Waals surface area contributed by atoms with Crippen LogP contribution in [-0.4, -0.2) is 6.61 Å². The molecule has 0 saturated heterocycles. The fourth-order valence-corrected chi connectivity index (χ4v) is 0.952. The molecule has 1 nitrogen and oxygen atoms in total. The van der Waals surface area contributed by atoms with E-state index in [0.717, 1.165) is 12.1 Å². The van der Waals surface area contributed by atoms with Gasteiger partial charge in [-0.15, -0.1) is 0 Å². The van der Waals surface area contributed by atoms with Crippen molar-refractivity contribution in [2.24, 2.45) is 0 Å². The second kappa shape index (κ2) is 4.35. The van der Waals surface area contributed by atoms with Crippen LogP contribution in [0.2, 0.25) is 0 Å². The first-order chi connectivity index (χ1) is 6.54. The minimum atomic E-state index is -4.32. The van der Waals surface area contributed by atoms with Gasteiger partial charge in [-0.05, 0) is 31.5 Å². The maximum atomic E-state index is 12.2. The van der Waals surface area contributed by atoms with Crippen LogP contribution in [0.1, 0.15) is 12.0 Å². The molecule has 1 rings (SSSR count). The normalized spacial score (nSPS) is 11.4. The molecule has 0 aliphatic carbocycles. The molecule has 0 aromatic heterocycles. The minimum absolute atomic E-state index is 0.225. The lowest BCUT2D eigenvalue weighted by atomic mass is 10.2. The molecule has 0 heterocycles. The fourth-order valence-electron chi connectivity index (χ4n) is 0.952. The fraction of sp³-hybridized carbons (Fsp3) is 0.300. The van der Waals surface area contributed by atoms with E-state index in [2.05, 4.69) is 6.92 Å². The van der Waals surface area contributed by atoms with Gasteiger partial charge in [0.05, 0.1) is 12.2 Å². The van der Waals surface area contributed by atoms with Gasteiger partial charge in [0.25, 0.3) is 0 Å². The van der Waals surface area contributed by atoms with Crippen LogP contribution in [0.3, 0.4) is 0 Å². The molecule has 0 spiro atoms. The lowest BCUT2D eigenvalue weighted by Gasteiger charge is -2.09. The molecule has 0 bridgehead atoms. The molecule has 1 aromatic rings. The Bertz CT molecular complexity index is 294. The second-order valence-corrected chi connectivity index (χ2v) is 2.73. The molecule has 1 radical (unpaired) electrons. The highest BCUT2D eigenvalue weighted by molar-refractivity contribution is 5.30. The van der Waals surface area contributed by atoms with E-state index >= 15 is 0 Å². The molecule has 1 aromatic carbocycles. The van der Waals surface area contributed by atoms with E-state index in [1.807, 2.05) is 0 Å². The zero-order valence-corrected chi connectivity index (χ0v) is 7.47. The number of rotatable bonds is 3. The molecule has 0 aliphatic rings. The van der Waals surface area contributed by atoms with Crippen molar-refractivity contribution < 1.29 is 17.9 Å². The summed E-state index contributed by atoms with van der Waals surface area (Å²) in [7, 11) is 0. The zero-order valence-electron chi connectivity index (χ0n) is 7.47. The standard InChI is InChI=1S/C10H10F3O/c1-2-6-14-9-5-3-4-8(7-9)10(11,12)13/h3-5,7H,1-2,6H2. The van der Waals surface area contributed by atoms with E-state index in [1.54, 1.807) is 0 Å². The first kappa shape index (κ1) is 10.9. The number of alkyl halides is 3. The Labute approximate surface area is 80.5 Å². The van der Waals surface area contributed by atoms with E-state index < -0.39 is 11.7 Å². The quantitative estimate of drug-likeness (QED) is 0.732. The smallest absolute Gasteiger partial charge is 0.416 e. The lowest BCUT2D eigenvalue weighted by Crippen LogP contribution is -2.05. The van der Waals surface area contributed by atoms with Gasteiger partial charge in [0.15, 0.2) is 0 Å². The van der Waals surface area contributed by atoms with Crippen molar-refractivity contribution >= 4 is 0 Å². The summed E-state index contributed by atoms with van der Waals surface area (Å²) in [5, 5.41) is 0. The summed E-state index contributed by atoms with van der Waals surface area (Å²) in [5.41, 5.74) is -0.695. The number of halogens is 3. The van der Waals surface area contributed by atoms with E-state index in [0.29, 0.717) is 13.0 Å². The Morgan fingerprint density at radius 2 is 2.00 bits per heavy atom. The van der Waals surface area contributed by atoms with Crippen LogP contribution in [0.25, 0.3) is 0 Å².